The summed E-state index contributed by atoms with van der Waals surface area (Å²) in [6, 6.07) is 21.9. The molecule has 8 heteroatoms. The van der Waals surface area contributed by atoms with Crippen LogP contribution in [-0.4, -0.2) is 31.9 Å². The fourth-order valence-corrected chi connectivity index (χ4v) is 5.16. The largest absolute Gasteiger partial charge is 0.489 e. The molecule has 1 fully saturated rings. The Morgan fingerprint density at radius 2 is 1.78 bits per heavy atom. The van der Waals surface area contributed by atoms with Crippen LogP contribution in [0.3, 0.4) is 0 Å². The van der Waals surface area contributed by atoms with Gasteiger partial charge in [-0.15, -0.1) is 5.10 Å². The number of carboxylic acids is 1. The summed E-state index contributed by atoms with van der Waals surface area (Å²) in [4.78, 5) is 38.6. The molecule has 0 spiro atoms. The number of hydrogen-bond acceptors (Lipinski definition) is 6. The van der Waals surface area contributed by atoms with Crippen LogP contribution >= 0.6 is 0 Å². The maximum Gasteiger partial charge on any atom is 0.307 e. The fourth-order valence-electron chi connectivity index (χ4n) is 5.16. The molecule has 1 aliphatic carbocycles. The molecule has 3 atom stereocenters. The van der Waals surface area contributed by atoms with E-state index in [9.17, 15) is 19.5 Å². The van der Waals surface area contributed by atoms with Gasteiger partial charge in [0.1, 0.15) is 17.9 Å². The lowest BCUT2D eigenvalue weighted by molar-refractivity contribution is -0.144. The van der Waals surface area contributed by atoms with Crippen molar-refractivity contribution in [2.75, 3.05) is 0 Å². The van der Waals surface area contributed by atoms with Crippen LogP contribution in [-0.2, 0) is 17.9 Å². The van der Waals surface area contributed by atoms with Gasteiger partial charge in [-0.05, 0) is 67.6 Å². The number of carboxylic acid groups (broad SMARTS) is 1. The van der Waals surface area contributed by atoms with Crippen LogP contribution in [0.25, 0.3) is 10.9 Å². The van der Waals surface area contributed by atoms with Crippen molar-refractivity contribution in [1.82, 2.24) is 15.0 Å². The summed E-state index contributed by atoms with van der Waals surface area (Å²) in [5, 5.41) is 18.6. The van der Waals surface area contributed by atoms with Crippen LogP contribution in [0.5, 0.6) is 5.75 Å². The number of nitrogens with zero attached hydrogens (tertiary/aromatic N) is 3. The second kappa shape index (κ2) is 10.3. The van der Waals surface area contributed by atoms with Crippen LogP contribution in [0, 0.1) is 24.7 Å². The van der Waals surface area contributed by atoms with Crippen molar-refractivity contribution >= 4 is 22.7 Å². The summed E-state index contributed by atoms with van der Waals surface area (Å²) >= 11 is 0. The Bertz CT molecular complexity index is 1500. The summed E-state index contributed by atoms with van der Waals surface area (Å²) in [6.45, 7) is 2.40. The van der Waals surface area contributed by atoms with Crippen LogP contribution < -0.4 is 10.3 Å². The number of aryl methyl sites for hydroxylation is 1. The molecule has 0 radical (unpaired) electrons. The minimum Gasteiger partial charge on any atom is -0.489 e. The van der Waals surface area contributed by atoms with Crippen LogP contribution in [0.2, 0.25) is 0 Å². The molecular weight excluding hydrogens is 470 g/mol. The topological polar surface area (TPSA) is 111 Å². The molecule has 3 aromatic carbocycles. The van der Waals surface area contributed by atoms with Gasteiger partial charge < -0.3 is 9.84 Å². The van der Waals surface area contributed by atoms with Crippen molar-refractivity contribution in [3.8, 4) is 5.75 Å². The standard InChI is InChI=1S/C29H27N3O5/c1-18-7-14-25-24(15-18)28(34)32(31-30-25)16-21-10-13-23(26(21)29(35)36)27(33)20-8-11-22(12-9-20)37-17-19-5-3-2-4-6-19/h2-9,11-12,14-15,21,23,26H,10,13,16-17H2,1H3,(H,35,36). The molecule has 4 aromatic rings. The first kappa shape index (κ1) is 24.4. The number of carbonyl (C=O) groups excluding carboxylic acids is 1. The van der Waals surface area contributed by atoms with E-state index in [1.54, 1.807) is 36.4 Å². The van der Waals surface area contributed by atoms with Gasteiger partial charge in [-0.1, -0.05) is 47.2 Å². The van der Waals surface area contributed by atoms with Crippen molar-refractivity contribution in [1.29, 1.82) is 0 Å². The van der Waals surface area contributed by atoms with Gasteiger partial charge >= 0.3 is 5.97 Å². The Morgan fingerprint density at radius 1 is 1.03 bits per heavy atom. The van der Waals surface area contributed by atoms with Gasteiger partial charge in [0.15, 0.2) is 5.78 Å². The Balaban J connectivity index is 1.30. The highest BCUT2D eigenvalue weighted by molar-refractivity contribution is 6.00. The normalized spacial score (nSPS) is 19.1. The molecule has 188 valence electrons. The average molecular weight is 498 g/mol. The molecule has 0 bridgehead atoms. The van der Waals surface area contributed by atoms with E-state index in [1.807, 2.05) is 43.3 Å². The van der Waals surface area contributed by atoms with Gasteiger partial charge in [0, 0.05) is 11.5 Å². The lowest BCUT2D eigenvalue weighted by atomic mass is 9.84. The predicted molar refractivity (Wildman–Crippen MR) is 137 cm³/mol. The number of benzene rings is 3. The van der Waals surface area contributed by atoms with Crippen molar-refractivity contribution in [3.05, 3.63) is 99.8 Å². The highest BCUT2D eigenvalue weighted by atomic mass is 16.5. The number of carbonyl (C=O) groups is 2. The molecule has 1 N–H and O–H groups in total. The molecule has 1 saturated carbocycles. The van der Waals surface area contributed by atoms with E-state index in [0.717, 1.165) is 11.1 Å². The van der Waals surface area contributed by atoms with Gasteiger partial charge in [-0.3, -0.25) is 14.4 Å². The third-order valence-electron chi connectivity index (χ3n) is 7.08. The highest BCUT2D eigenvalue weighted by Crippen LogP contribution is 2.40. The van der Waals surface area contributed by atoms with Crippen LogP contribution in [0.15, 0.2) is 77.6 Å². The van der Waals surface area contributed by atoms with E-state index in [-0.39, 0.29) is 17.9 Å². The summed E-state index contributed by atoms with van der Waals surface area (Å²) in [5.74, 6) is -2.62. The third-order valence-corrected chi connectivity index (χ3v) is 7.08. The summed E-state index contributed by atoms with van der Waals surface area (Å²) in [6.07, 6.45) is 0.938. The van der Waals surface area contributed by atoms with Crippen molar-refractivity contribution in [2.24, 2.45) is 17.8 Å². The first-order valence-corrected chi connectivity index (χ1v) is 12.3. The van der Waals surface area contributed by atoms with Crippen molar-refractivity contribution in [3.63, 3.8) is 0 Å². The third kappa shape index (κ3) is 5.14. The minimum atomic E-state index is -1.04. The summed E-state index contributed by atoms with van der Waals surface area (Å²) < 4.78 is 7.02. The van der Waals surface area contributed by atoms with Crippen molar-refractivity contribution < 1.29 is 19.4 Å². The molecule has 1 heterocycles. The maximum absolute atomic E-state index is 13.3. The minimum absolute atomic E-state index is 0.0999. The summed E-state index contributed by atoms with van der Waals surface area (Å²) in [7, 11) is 0. The Hall–Kier alpha value is -4.33. The van der Waals surface area contributed by atoms with E-state index in [4.69, 9.17) is 4.74 Å². The van der Waals surface area contributed by atoms with Crippen molar-refractivity contribution in [2.45, 2.75) is 32.9 Å². The Labute approximate surface area is 213 Å². The first-order valence-electron chi connectivity index (χ1n) is 12.3. The number of Topliss-reactive ketones (excluding diaryl/α,β-unsaturated/α-hetero) is 1. The van der Waals surface area contributed by atoms with Gasteiger partial charge in [-0.25, -0.2) is 4.68 Å². The molecule has 0 amide bonds. The van der Waals surface area contributed by atoms with Gasteiger partial charge in [0.2, 0.25) is 0 Å². The zero-order valence-electron chi connectivity index (χ0n) is 20.4. The second-order valence-electron chi connectivity index (χ2n) is 9.57. The SMILES string of the molecule is Cc1ccc2nnn(CC3CCC(C(=O)c4ccc(OCc5ccccc5)cc4)C3C(=O)O)c(=O)c2c1. The zero-order valence-corrected chi connectivity index (χ0v) is 20.4. The molecule has 37 heavy (non-hydrogen) atoms. The van der Waals surface area contributed by atoms with Crippen LogP contribution in [0.1, 0.15) is 34.3 Å². The monoisotopic (exact) mass is 497 g/mol. The van der Waals surface area contributed by atoms with E-state index in [1.165, 1.54) is 4.68 Å². The highest BCUT2D eigenvalue weighted by Gasteiger charge is 2.45. The molecule has 5 rings (SSSR count). The fraction of sp³-hybridized carbons (Fsp3) is 0.276. The number of fused-ring (bicyclic) bond motifs is 1. The number of aliphatic carboxylic acids is 1. The Morgan fingerprint density at radius 3 is 2.51 bits per heavy atom. The van der Waals surface area contributed by atoms with Gasteiger partial charge in [-0.2, -0.15) is 0 Å². The number of ketones is 1. The number of rotatable bonds is 8. The lowest BCUT2D eigenvalue weighted by Gasteiger charge is -2.20. The molecule has 0 saturated heterocycles. The van der Waals surface area contributed by atoms with E-state index in [2.05, 4.69) is 10.3 Å². The number of ether oxygens (including phenoxy) is 1. The molecule has 1 aromatic heterocycles. The maximum atomic E-state index is 13.3. The molecule has 8 nitrogen and oxygen atoms in total. The van der Waals surface area contributed by atoms with Gasteiger partial charge in [0.25, 0.3) is 5.56 Å². The van der Waals surface area contributed by atoms with Gasteiger partial charge in [0.05, 0.1) is 17.8 Å². The lowest BCUT2D eigenvalue weighted by Crippen LogP contribution is -2.34. The van der Waals surface area contributed by atoms with E-state index < -0.39 is 23.7 Å². The zero-order chi connectivity index (χ0) is 25.9. The smallest absolute Gasteiger partial charge is 0.307 e. The predicted octanol–water partition coefficient (Wildman–Crippen LogP) is 4.29. The second-order valence-corrected chi connectivity index (χ2v) is 9.57. The number of hydrogen-bond donors (Lipinski definition) is 1. The molecule has 3 unspecified atom stereocenters. The van der Waals surface area contributed by atoms with E-state index in [0.29, 0.717) is 41.7 Å². The quantitative estimate of drug-likeness (QED) is 0.362. The summed E-state index contributed by atoms with van der Waals surface area (Å²) in [5.41, 5.74) is 2.60. The number of aromatic nitrogens is 3. The Kier molecular flexibility index (Phi) is 6.81. The van der Waals surface area contributed by atoms with E-state index >= 15 is 0 Å². The first-order chi connectivity index (χ1) is 17.9. The molecule has 1 aliphatic rings. The van der Waals surface area contributed by atoms with Crippen LogP contribution in [0.4, 0.5) is 0 Å². The molecule has 0 aliphatic heterocycles. The average Bonchev–Trinajstić information content (AvgIpc) is 3.34. The molecular formula is C29H27N3O5.